The van der Waals surface area contributed by atoms with E-state index in [1.54, 1.807) is 12.4 Å². The second kappa shape index (κ2) is 5.97. The van der Waals surface area contributed by atoms with Crippen LogP contribution < -0.4 is 0 Å². The number of rotatable bonds is 1. The van der Waals surface area contributed by atoms with Crippen LogP contribution in [0.25, 0.3) is 0 Å². The summed E-state index contributed by atoms with van der Waals surface area (Å²) in [7, 11) is 0. The van der Waals surface area contributed by atoms with Crippen molar-refractivity contribution in [2.75, 3.05) is 0 Å². The first kappa shape index (κ1) is 10.5. The van der Waals surface area contributed by atoms with Crippen LogP contribution in [0.2, 0.25) is 0 Å². The molecule has 0 saturated heterocycles. The number of hydrogen-bond donors (Lipinski definition) is 1. The standard InChI is InChI=1S/C7H11N.C5H5N/c1-3-7-5-8-4-6(7)2;1-2-4-6-5-3-1/h4-5,8H,3H2,1-2H3;1-5H. The molecule has 0 spiro atoms. The highest BCUT2D eigenvalue weighted by atomic mass is 14.6. The number of pyridine rings is 1. The summed E-state index contributed by atoms with van der Waals surface area (Å²) in [4.78, 5) is 6.83. The Labute approximate surface area is 85.0 Å². The molecule has 0 atom stereocenters. The van der Waals surface area contributed by atoms with Crippen LogP contribution in [0.5, 0.6) is 0 Å². The summed E-state index contributed by atoms with van der Waals surface area (Å²) in [6.45, 7) is 4.28. The number of nitrogens with one attached hydrogen (secondary N) is 1. The molecule has 1 N–H and O–H groups in total. The maximum absolute atomic E-state index is 3.78. The number of aryl methyl sites for hydroxylation is 2. The summed E-state index contributed by atoms with van der Waals surface area (Å²) in [5.41, 5.74) is 2.79. The van der Waals surface area contributed by atoms with Crippen molar-refractivity contribution in [3.05, 3.63) is 54.1 Å². The van der Waals surface area contributed by atoms with Gasteiger partial charge in [0.05, 0.1) is 0 Å². The topological polar surface area (TPSA) is 28.7 Å². The predicted molar refractivity (Wildman–Crippen MR) is 59.1 cm³/mol. The Morgan fingerprint density at radius 1 is 1.14 bits per heavy atom. The van der Waals surface area contributed by atoms with E-state index in [0.29, 0.717) is 0 Å². The van der Waals surface area contributed by atoms with E-state index in [4.69, 9.17) is 0 Å². The van der Waals surface area contributed by atoms with Crippen molar-refractivity contribution in [1.29, 1.82) is 0 Å². The molecular weight excluding hydrogens is 172 g/mol. The largest absolute Gasteiger partial charge is 0.367 e. The summed E-state index contributed by atoms with van der Waals surface area (Å²) in [6.07, 6.45) is 8.71. The molecule has 2 heterocycles. The Morgan fingerprint density at radius 2 is 1.86 bits per heavy atom. The molecule has 0 aliphatic rings. The second-order valence-electron chi connectivity index (χ2n) is 3.04. The summed E-state index contributed by atoms with van der Waals surface area (Å²) >= 11 is 0. The molecule has 74 valence electrons. The third-order valence-electron chi connectivity index (χ3n) is 2.01. The fraction of sp³-hybridized carbons (Fsp3) is 0.250. The molecule has 0 aliphatic heterocycles. The van der Waals surface area contributed by atoms with Gasteiger partial charge in [0.2, 0.25) is 0 Å². The Bertz CT molecular complexity index is 312. The minimum atomic E-state index is 1.13. The van der Waals surface area contributed by atoms with Crippen LogP contribution in [0.15, 0.2) is 43.0 Å². The molecule has 0 aliphatic carbocycles. The van der Waals surface area contributed by atoms with Crippen molar-refractivity contribution in [2.45, 2.75) is 20.3 Å². The highest BCUT2D eigenvalue weighted by Gasteiger charge is 1.91. The van der Waals surface area contributed by atoms with Gasteiger partial charge in [-0.05, 0) is 36.6 Å². The Hall–Kier alpha value is -1.57. The lowest BCUT2D eigenvalue weighted by molar-refractivity contribution is 1.12. The van der Waals surface area contributed by atoms with E-state index in [1.165, 1.54) is 11.1 Å². The van der Waals surface area contributed by atoms with E-state index in [-0.39, 0.29) is 0 Å². The SMILES string of the molecule is CCc1c[nH]cc1C.c1ccncc1. The van der Waals surface area contributed by atoms with Gasteiger partial charge in [-0.25, -0.2) is 0 Å². The molecule has 0 unspecified atom stereocenters. The first-order valence-corrected chi connectivity index (χ1v) is 4.82. The highest BCUT2D eigenvalue weighted by molar-refractivity contribution is 5.20. The van der Waals surface area contributed by atoms with Crippen LogP contribution >= 0.6 is 0 Å². The summed E-state index contributed by atoms with van der Waals surface area (Å²) < 4.78 is 0. The van der Waals surface area contributed by atoms with Gasteiger partial charge < -0.3 is 4.98 Å². The Balaban J connectivity index is 0.000000146. The average molecular weight is 188 g/mol. The molecule has 0 amide bonds. The van der Waals surface area contributed by atoms with E-state index in [0.717, 1.165) is 6.42 Å². The minimum absolute atomic E-state index is 1.13. The third kappa shape index (κ3) is 3.44. The van der Waals surface area contributed by atoms with E-state index in [2.05, 4.69) is 30.0 Å². The Kier molecular flexibility index (Phi) is 4.48. The number of nitrogens with zero attached hydrogens (tertiary/aromatic N) is 1. The minimum Gasteiger partial charge on any atom is -0.367 e. The fourth-order valence-corrected chi connectivity index (χ4v) is 1.17. The molecule has 2 aromatic rings. The maximum atomic E-state index is 3.78. The van der Waals surface area contributed by atoms with Gasteiger partial charge in [0.15, 0.2) is 0 Å². The monoisotopic (exact) mass is 188 g/mol. The van der Waals surface area contributed by atoms with Crippen LogP contribution in [0, 0.1) is 6.92 Å². The van der Waals surface area contributed by atoms with Gasteiger partial charge in [0, 0.05) is 24.8 Å². The molecule has 0 saturated carbocycles. The zero-order valence-electron chi connectivity index (χ0n) is 8.70. The van der Waals surface area contributed by atoms with Gasteiger partial charge in [-0.15, -0.1) is 0 Å². The van der Waals surface area contributed by atoms with Gasteiger partial charge in [-0.3, -0.25) is 4.98 Å². The first-order valence-electron chi connectivity index (χ1n) is 4.82. The number of H-pyrrole nitrogens is 1. The van der Waals surface area contributed by atoms with Crippen LogP contribution in [0.3, 0.4) is 0 Å². The van der Waals surface area contributed by atoms with Gasteiger partial charge in [-0.2, -0.15) is 0 Å². The highest BCUT2D eigenvalue weighted by Crippen LogP contribution is 2.04. The predicted octanol–water partition coefficient (Wildman–Crippen LogP) is 2.97. The van der Waals surface area contributed by atoms with E-state index >= 15 is 0 Å². The molecule has 2 nitrogen and oxygen atoms in total. The first-order chi connectivity index (χ1) is 6.84. The molecule has 0 fully saturated rings. The molecule has 0 aromatic carbocycles. The molecule has 14 heavy (non-hydrogen) atoms. The summed E-state index contributed by atoms with van der Waals surface area (Å²) in [5, 5.41) is 0. The van der Waals surface area contributed by atoms with Crippen molar-refractivity contribution < 1.29 is 0 Å². The van der Waals surface area contributed by atoms with Crippen LogP contribution in [-0.2, 0) is 6.42 Å². The van der Waals surface area contributed by atoms with Gasteiger partial charge >= 0.3 is 0 Å². The van der Waals surface area contributed by atoms with Gasteiger partial charge in [-0.1, -0.05) is 13.0 Å². The smallest absolute Gasteiger partial charge is 0.0267 e. The Morgan fingerprint density at radius 3 is 2.07 bits per heavy atom. The number of aromatic nitrogens is 2. The fourth-order valence-electron chi connectivity index (χ4n) is 1.17. The molecule has 2 heteroatoms. The molecule has 2 rings (SSSR count). The lowest BCUT2D eigenvalue weighted by Crippen LogP contribution is -1.75. The van der Waals surface area contributed by atoms with E-state index in [9.17, 15) is 0 Å². The molecule has 0 radical (unpaired) electrons. The molecule has 0 bridgehead atoms. The van der Waals surface area contributed by atoms with E-state index in [1.807, 2.05) is 24.4 Å². The zero-order chi connectivity index (χ0) is 10.2. The van der Waals surface area contributed by atoms with Crippen molar-refractivity contribution in [2.24, 2.45) is 0 Å². The normalized spacial score (nSPS) is 9.00. The molecule has 2 aromatic heterocycles. The maximum Gasteiger partial charge on any atom is 0.0267 e. The molecular formula is C12H16N2. The zero-order valence-corrected chi connectivity index (χ0v) is 8.70. The lowest BCUT2D eigenvalue weighted by Gasteiger charge is -1.87. The van der Waals surface area contributed by atoms with Gasteiger partial charge in [0.1, 0.15) is 0 Å². The second-order valence-corrected chi connectivity index (χ2v) is 3.04. The van der Waals surface area contributed by atoms with Gasteiger partial charge in [0.25, 0.3) is 0 Å². The summed E-state index contributed by atoms with van der Waals surface area (Å²) in [5.74, 6) is 0. The quantitative estimate of drug-likeness (QED) is 0.732. The third-order valence-corrected chi connectivity index (χ3v) is 2.01. The average Bonchev–Trinajstić information content (AvgIpc) is 2.67. The number of aromatic amines is 1. The van der Waals surface area contributed by atoms with Crippen molar-refractivity contribution in [3.63, 3.8) is 0 Å². The van der Waals surface area contributed by atoms with Crippen molar-refractivity contribution >= 4 is 0 Å². The lowest BCUT2D eigenvalue weighted by atomic mass is 10.2. The van der Waals surface area contributed by atoms with Crippen LogP contribution in [0.4, 0.5) is 0 Å². The van der Waals surface area contributed by atoms with Crippen molar-refractivity contribution in [3.8, 4) is 0 Å². The van der Waals surface area contributed by atoms with Crippen LogP contribution in [-0.4, -0.2) is 9.97 Å². The van der Waals surface area contributed by atoms with E-state index < -0.39 is 0 Å². The van der Waals surface area contributed by atoms with Crippen molar-refractivity contribution in [1.82, 2.24) is 9.97 Å². The van der Waals surface area contributed by atoms with Crippen LogP contribution in [0.1, 0.15) is 18.1 Å². The number of hydrogen-bond acceptors (Lipinski definition) is 1. The summed E-state index contributed by atoms with van der Waals surface area (Å²) in [6, 6.07) is 5.72.